The maximum absolute atomic E-state index is 11.3. The maximum atomic E-state index is 11.3. The van der Waals surface area contributed by atoms with Crippen molar-refractivity contribution in [3.8, 4) is 0 Å². The molecule has 1 atom stereocenters. The number of hydrogen-bond acceptors (Lipinski definition) is 4. The van der Waals surface area contributed by atoms with Crippen molar-refractivity contribution in [1.82, 2.24) is 9.21 Å². The molecule has 0 radical (unpaired) electrons. The average molecular weight is 270 g/mol. The predicted octanol–water partition coefficient (Wildman–Crippen LogP) is -1.08. The van der Waals surface area contributed by atoms with Crippen LogP contribution >= 0.6 is 0 Å². The molecule has 0 aliphatic carbocycles. The van der Waals surface area contributed by atoms with Crippen molar-refractivity contribution in [1.29, 1.82) is 0 Å². The Hall–Kier alpha value is -0.0626. The number of aliphatic carboxylic acids is 1. The minimum absolute atomic E-state index is 0. The SMILES string of the molecule is CS(=O)(=O)N1CCC(N2CCC2C(=O)O)CC1.[LiH]. The topological polar surface area (TPSA) is 77.9 Å². The van der Waals surface area contributed by atoms with Crippen LogP contribution in [0.4, 0.5) is 0 Å². The summed E-state index contributed by atoms with van der Waals surface area (Å²) < 4.78 is 24.1. The molecule has 0 bridgehead atoms. The molecule has 2 aliphatic heterocycles. The van der Waals surface area contributed by atoms with Gasteiger partial charge < -0.3 is 5.11 Å². The van der Waals surface area contributed by atoms with Gasteiger partial charge in [-0.1, -0.05) is 0 Å². The fourth-order valence-corrected chi connectivity index (χ4v) is 3.49. The van der Waals surface area contributed by atoms with Gasteiger partial charge in [-0.25, -0.2) is 12.7 Å². The van der Waals surface area contributed by atoms with Gasteiger partial charge in [0, 0.05) is 25.7 Å². The van der Waals surface area contributed by atoms with E-state index in [2.05, 4.69) is 0 Å². The second-order valence-corrected chi connectivity index (χ2v) is 6.76. The van der Waals surface area contributed by atoms with Crippen LogP contribution in [0.1, 0.15) is 19.3 Å². The third-order valence-electron chi connectivity index (χ3n) is 3.71. The number of carboxylic acids is 1. The van der Waals surface area contributed by atoms with Crippen molar-refractivity contribution in [2.45, 2.75) is 31.3 Å². The van der Waals surface area contributed by atoms with Crippen LogP contribution in [0.5, 0.6) is 0 Å². The first-order valence-electron chi connectivity index (χ1n) is 5.83. The molecule has 100 valence electrons. The van der Waals surface area contributed by atoms with Crippen LogP contribution in [0.3, 0.4) is 0 Å². The van der Waals surface area contributed by atoms with Crippen molar-refractivity contribution in [3.63, 3.8) is 0 Å². The Morgan fingerprint density at radius 2 is 1.72 bits per heavy atom. The first kappa shape index (κ1) is 16.0. The Morgan fingerprint density at radius 3 is 2.06 bits per heavy atom. The molecular weight excluding hydrogens is 251 g/mol. The van der Waals surface area contributed by atoms with E-state index in [1.165, 1.54) is 10.6 Å². The fraction of sp³-hybridized carbons (Fsp3) is 0.900. The quantitative estimate of drug-likeness (QED) is 0.660. The summed E-state index contributed by atoms with van der Waals surface area (Å²) in [6, 6.07) is -0.132. The third-order valence-corrected chi connectivity index (χ3v) is 5.01. The molecule has 2 heterocycles. The van der Waals surface area contributed by atoms with Gasteiger partial charge in [-0.15, -0.1) is 0 Å². The number of likely N-dealkylation sites (tertiary alicyclic amines) is 1. The number of piperidine rings is 1. The van der Waals surface area contributed by atoms with Gasteiger partial charge in [0.1, 0.15) is 6.04 Å². The van der Waals surface area contributed by atoms with E-state index >= 15 is 0 Å². The van der Waals surface area contributed by atoms with Gasteiger partial charge in [0.15, 0.2) is 0 Å². The first-order chi connectivity index (χ1) is 7.89. The molecule has 18 heavy (non-hydrogen) atoms. The van der Waals surface area contributed by atoms with Crippen molar-refractivity contribution in [3.05, 3.63) is 0 Å². The standard InChI is InChI=1S/C10H18N2O4S.Li.H/c1-17(15,16)11-5-2-8(3-6-11)12-7-4-9(12)10(13)14;;/h8-9H,2-7H2,1H3,(H,13,14);;. The molecule has 0 aromatic heterocycles. The summed E-state index contributed by atoms with van der Waals surface area (Å²) in [4.78, 5) is 12.9. The van der Waals surface area contributed by atoms with Crippen LogP contribution in [0.25, 0.3) is 0 Å². The van der Waals surface area contributed by atoms with E-state index in [-0.39, 0.29) is 30.9 Å². The summed E-state index contributed by atoms with van der Waals surface area (Å²) in [5.41, 5.74) is 0. The normalized spacial score (nSPS) is 27.3. The number of rotatable bonds is 3. The monoisotopic (exact) mass is 270 g/mol. The van der Waals surface area contributed by atoms with Crippen molar-refractivity contribution >= 4 is 34.9 Å². The molecule has 1 unspecified atom stereocenters. The summed E-state index contributed by atoms with van der Waals surface area (Å²) in [6.07, 6.45) is 3.40. The van der Waals surface area contributed by atoms with E-state index in [9.17, 15) is 13.2 Å². The van der Waals surface area contributed by atoms with Gasteiger partial charge in [0.2, 0.25) is 10.0 Å². The summed E-state index contributed by atoms with van der Waals surface area (Å²) >= 11 is 0. The Kier molecular flexibility index (Phi) is 5.27. The van der Waals surface area contributed by atoms with Gasteiger partial charge in [-0.3, -0.25) is 9.69 Å². The van der Waals surface area contributed by atoms with Crippen molar-refractivity contribution in [2.75, 3.05) is 25.9 Å². The van der Waals surface area contributed by atoms with Gasteiger partial charge >= 0.3 is 24.8 Å². The molecule has 2 aliphatic rings. The molecule has 2 rings (SSSR count). The summed E-state index contributed by atoms with van der Waals surface area (Å²) in [5, 5.41) is 8.97. The molecule has 8 heteroatoms. The molecule has 2 saturated heterocycles. The Balaban J connectivity index is 0.00000162. The third kappa shape index (κ3) is 3.28. The Labute approximate surface area is 120 Å². The predicted molar refractivity (Wildman–Crippen MR) is 69.3 cm³/mol. The number of sulfonamides is 1. The van der Waals surface area contributed by atoms with Gasteiger partial charge in [-0.05, 0) is 19.3 Å². The van der Waals surface area contributed by atoms with Crippen LogP contribution in [-0.2, 0) is 14.8 Å². The summed E-state index contributed by atoms with van der Waals surface area (Å²) in [6.45, 7) is 1.83. The van der Waals surface area contributed by atoms with Gasteiger partial charge in [-0.2, -0.15) is 0 Å². The van der Waals surface area contributed by atoms with E-state index < -0.39 is 16.0 Å². The number of hydrogen-bond donors (Lipinski definition) is 1. The summed E-state index contributed by atoms with van der Waals surface area (Å²) in [7, 11) is -3.10. The molecule has 2 fully saturated rings. The van der Waals surface area contributed by atoms with E-state index in [1.54, 1.807) is 0 Å². The molecule has 0 amide bonds. The van der Waals surface area contributed by atoms with Gasteiger partial charge in [0.25, 0.3) is 0 Å². The number of carboxylic acid groups (broad SMARTS) is 1. The van der Waals surface area contributed by atoms with Crippen LogP contribution in [0.2, 0.25) is 0 Å². The fourth-order valence-electron chi connectivity index (χ4n) is 2.62. The van der Waals surface area contributed by atoms with Crippen LogP contribution in [-0.4, -0.2) is 85.5 Å². The molecular formula is C10H19LiN2O4S. The number of nitrogens with zero attached hydrogens (tertiary/aromatic N) is 2. The van der Waals surface area contributed by atoms with Crippen molar-refractivity contribution < 1.29 is 18.3 Å². The van der Waals surface area contributed by atoms with Gasteiger partial charge in [0.05, 0.1) is 6.26 Å². The molecule has 0 spiro atoms. The molecule has 6 nitrogen and oxygen atoms in total. The zero-order valence-corrected chi connectivity index (χ0v) is 10.7. The molecule has 0 aromatic carbocycles. The van der Waals surface area contributed by atoms with E-state index in [4.69, 9.17) is 5.11 Å². The minimum atomic E-state index is -3.10. The van der Waals surface area contributed by atoms with Crippen LogP contribution in [0.15, 0.2) is 0 Å². The summed E-state index contributed by atoms with van der Waals surface area (Å²) in [5.74, 6) is -0.762. The average Bonchev–Trinajstić information content (AvgIpc) is 2.14. The zero-order valence-electron chi connectivity index (χ0n) is 9.87. The molecule has 0 aromatic rings. The Morgan fingerprint density at radius 1 is 1.17 bits per heavy atom. The van der Waals surface area contributed by atoms with E-state index in [0.29, 0.717) is 19.5 Å². The first-order valence-corrected chi connectivity index (χ1v) is 7.68. The van der Waals surface area contributed by atoms with Crippen LogP contribution < -0.4 is 0 Å². The molecule has 0 saturated carbocycles. The Bertz CT molecular complexity index is 406. The molecule has 1 N–H and O–H groups in total. The second kappa shape index (κ2) is 5.93. The van der Waals surface area contributed by atoms with E-state index in [0.717, 1.165) is 19.4 Å². The van der Waals surface area contributed by atoms with Crippen molar-refractivity contribution in [2.24, 2.45) is 0 Å². The zero-order chi connectivity index (χ0) is 12.6. The second-order valence-electron chi connectivity index (χ2n) is 4.77. The van der Waals surface area contributed by atoms with E-state index in [1.807, 2.05) is 4.90 Å². The number of carbonyl (C=O) groups is 1. The van der Waals surface area contributed by atoms with Crippen LogP contribution in [0, 0.1) is 0 Å².